The number of anilines is 1. The molecule has 0 radical (unpaired) electrons. The zero-order valence-corrected chi connectivity index (χ0v) is 18.4. The van der Waals surface area contributed by atoms with Crippen molar-refractivity contribution < 1.29 is 18.7 Å². The van der Waals surface area contributed by atoms with Gasteiger partial charge in [-0.25, -0.2) is 9.38 Å². The van der Waals surface area contributed by atoms with Crippen LogP contribution in [0.3, 0.4) is 0 Å². The van der Waals surface area contributed by atoms with Crippen molar-refractivity contribution in [3.8, 4) is 0 Å². The minimum absolute atomic E-state index is 0.155. The maximum Gasteiger partial charge on any atom is 0.321 e. The molecule has 2 aliphatic heterocycles. The van der Waals surface area contributed by atoms with Crippen LogP contribution in [0, 0.1) is 11.7 Å². The minimum atomic E-state index is -1.13. The van der Waals surface area contributed by atoms with Gasteiger partial charge >= 0.3 is 5.97 Å². The van der Waals surface area contributed by atoms with E-state index in [0.717, 1.165) is 18.8 Å². The first kappa shape index (κ1) is 22.1. The zero-order valence-electron chi connectivity index (χ0n) is 17.6. The van der Waals surface area contributed by atoms with Gasteiger partial charge < -0.3 is 14.5 Å². The first-order valence-electron chi connectivity index (χ1n) is 10.5. The highest BCUT2D eigenvalue weighted by Crippen LogP contribution is 2.31. The minimum Gasteiger partial charge on any atom is -0.465 e. The number of hydrogen-bond donors (Lipinski definition) is 1. The maximum atomic E-state index is 13.4. The summed E-state index contributed by atoms with van der Waals surface area (Å²) in [5.74, 6) is -2.22. The molecule has 2 aliphatic rings. The second-order valence-electron chi connectivity index (χ2n) is 7.62. The zero-order chi connectivity index (χ0) is 22.7. The number of nitrogens with zero attached hydrogens (tertiary/aromatic N) is 3. The number of ether oxygens (including phenoxy) is 1. The summed E-state index contributed by atoms with van der Waals surface area (Å²) in [7, 11) is 0. The van der Waals surface area contributed by atoms with E-state index in [0.29, 0.717) is 29.6 Å². The van der Waals surface area contributed by atoms with Crippen LogP contribution < -0.4 is 10.2 Å². The topological polar surface area (TPSA) is 74.2 Å². The van der Waals surface area contributed by atoms with Crippen LogP contribution in [0.25, 0.3) is 0 Å². The molecule has 7 nitrogen and oxygen atoms in total. The largest absolute Gasteiger partial charge is 0.465 e. The van der Waals surface area contributed by atoms with Crippen molar-refractivity contribution in [2.24, 2.45) is 10.9 Å². The second kappa shape index (κ2) is 9.56. The molecule has 1 saturated heterocycles. The van der Waals surface area contributed by atoms with Crippen LogP contribution in [0.2, 0.25) is 5.02 Å². The first-order valence-corrected chi connectivity index (χ1v) is 10.9. The molecule has 4 rings (SSSR count). The number of carbonyl (C=O) groups is 2. The fourth-order valence-corrected chi connectivity index (χ4v) is 4.08. The number of guanidine groups is 1. The molecular formula is C23H24ClFN4O3. The molecule has 2 aromatic carbocycles. The Hall–Kier alpha value is -3.13. The lowest BCUT2D eigenvalue weighted by molar-refractivity contribution is -0.153. The Bertz CT molecular complexity index is 1000. The molecule has 168 valence electrons. The summed E-state index contributed by atoms with van der Waals surface area (Å²) in [6, 6.07) is 12.6. The van der Waals surface area contributed by atoms with Gasteiger partial charge in [0, 0.05) is 36.9 Å². The van der Waals surface area contributed by atoms with E-state index in [1.807, 2.05) is 29.2 Å². The van der Waals surface area contributed by atoms with E-state index >= 15 is 0 Å². The molecule has 0 spiro atoms. The normalized spacial score (nSPS) is 21.1. The molecule has 2 atom stereocenters. The Morgan fingerprint density at radius 1 is 1.09 bits per heavy atom. The van der Waals surface area contributed by atoms with Gasteiger partial charge in [0.1, 0.15) is 11.9 Å². The number of carbonyl (C=O) groups excluding carboxylic acids is 2. The number of piperazine rings is 1. The van der Waals surface area contributed by atoms with E-state index in [9.17, 15) is 14.0 Å². The molecule has 1 N–H and O–H groups in total. The summed E-state index contributed by atoms with van der Waals surface area (Å²) < 4.78 is 18.6. The molecule has 2 heterocycles. The number of esters is 1. The average molecular weight is 459 g/mol. The highest BCUT2D eigenvalue weighted by Gasteiger charge is 2.42. The lowest BCUT2D eigenvalue weighted by atomic mass is 9.91. The maximum absolute atomic E-state index is 13.4. The van der Waals surface area contributed by atoms with Crippen molar-refractivity contribution in [2.75, 3.05) is 37.7 Å². The van der Waals surface area contributed by atoms with E-state index in [2.05, 4.69) is 10.2 Å². The monoisotopic (exact) mass is 458 g/mol. The predicted molar refractivity (Wildman–Crippen MR) is 120 cm³/mol. The van der Waals surface area contributed by atoms with Gasteiger partial charge in [-0.1, -0.05) is 23.7 Å². The molecule has 0 bridgehead atoms. The summed E-state index contributed by atoms with van der Waals surface area (Å²) in [6.45, 7) is 4.59. The van der Waals surface area contributed by atoms with E-state index in [4.69, 9.17) is 21.3 Å². The van der Waals surface area contributed by atoms with E-state index in [1.54, 1.807) is 19.1 Å². The van der Waals surface area contributed by atoms with Crippen LogP contribution in [0.5, 0.6) is 0 Å². The number of rotatable bonds is 4. The Balaban J connectivity index is 1.55. The third-order valence-electron chi connectivity index (χ3n) is 5.62. The molecule has 32 heavy (non-hydrogen) atoms. The average Bonchev–Trinajstić information content (AvgIpc) is 2.80. The number of amides is 1. The van der Waals surface area contributed by atoms with Crippen LogP contribution in [0.15, 0.2) is 53.5 Å². The summed E-state index contributed by atoms with van der Waals surface area (Å²) in [6.07, 6.45) is 0. The summed E-state index contributed by atoms with van der Waals surface area (Å²) >= 11 is 5.98. The fourth-order valence-electron chi connectivity index (χ4n) is 3.95. The predicted octanol–water partition coefficient (Wildman–Crippen LogP) is 3.01. The van der Waals surface area contributed by atoms with E-state index in [-0.39, 0.29) is 6.61 Å². The quantitative estimate of drug-likeness (QED) is 0.563. The van der Waals surface area contributed by atoms with Crippen molar-refractivity contribution >= 4 is 35.1 Å². The van der Waals surface area contributed by atoms with Crippen LogP contribution in [-0.2, 0) is 14.3 Å². The van der Waals surface area contributed by atoms with Crippen LogP contribution in [0.1, 0.15) is 18.5 Å². The van der Waals surface area contributed by atoms with Gasteiger partial charge in [-0.15, -0.1) is 0 Å². The molecule has 0 unspecified atom stereocenters. The molecule has 9 heteroatoms. The van der Waals surface area contributed by atoms with E-state index in [1.165, 1.54) is 12.1 Å². The van der Waals surface area contributed by atoms with Gasteiger partial charge in [0.25, 0.3) is 0 Å². The molecule has 0 aliphatic carbocycles. The first-order chi connectivity index (χ1) is 15.5. The third-order valence-corrected chi connectivity index (χ3v) is 5.87. The number of nitrogens with one attached hydrogen (secondary N) is 1. The molecule has 1 fully saturated rings. The van der Waals surface area contributed by atoms with Gasteiger partial charge in [-0.3, -0.25) is 14.9 Å². The SMILES string of the molecule is CCOC(=O)[C@H]1C(=O)NC(N2CCN(c3ccc(Cl)cc3)CC2)=N[C@H]1c1ccc(F)cc1. The fraction of sp³-hybridized carbons (Fsp3) is 0.348. The summed E-state index contributed by atoms with van der Waals surface area (Å²) in [5.41, 5.74) is 1.66. The van der Waals surface area contributed by atoms with Crippen LogP contribution in [0.4, 0.5) is 10.1 Å². The summed E-state index contributed by atoms with van der Waals surface area (Å²) in [5, 5.41) is 3.46. The van der Waals surface area contributed by atoms with Gasteiger partial charge in [-0.2, -0.15) is 0 Å². The van der Waals surface area contributed by atoms with Crippen LogP contribution >= 0.6 is 11.6 Å². The second-order valence-corrected chi connectivity index (χ2v) is 8.06. The number of aliphatic imine (C=N–C) groups is 1. The highest BCUT2D eigenvalue weighted by molar-refractivity contribution is 6.30. The van der Waals surface area contributed by atoms with Crippen molar-refractivity contribution in [3.05, 3.63) is 64.9 Å². The Morgan fingerprint density at radius 3 is 2.34 bits per heavy atom. The van der Waals surface area contributed by atoms with Crippen molar-refractivity contribution in [2.45, 2.75) is 13.0 Å². The Morgan fingerprint density at radius 2 is 1.72 bits per heavy atom. The molecule has 2 aromatic rings. The molecule has 0 aromatic heterocycles. The molecular weight excluding hydrogens is 435 g/mol. The van der Waals surface area contributed by atoms with Gasteiger partial charge in [-0.05, 0) is 48.9 Å². The van der Waals surface area contributed by atoms with Crippen LogP contribution in [-0.4, -0.2) is 55.5 Å². The lowest BCUT2D eigenvalue weighted by Gasteiger charge is -2.39. The number of hydrogen-bond acceptors (Lipinski definition) is 6. The smallest absolute Gasteiger partial charge is 0.321 e. The van der Waals surface area contributed by atoms with Gasteiger partial charge in [0.15, 0.2) is 5.92 Å². The van der Waals surface area contributed by atoms with Gasteiger partial charge in [0.05, 0.1) is 6.61 Å². The van der Waals surface area contributed by atoms with Crippen molar-refractivity contribution in [1.82, 2.24) is 10.2 Å². The summed E-state index contributed by atoms with van der Waals surface area (Å²) in [4.78, 5) is 34.3. The van der Waals surface area contributed by atoms with Crippen molar-refractivity contribution in [3.63, 3.8) is 0 Å². The number of halogens is 2. The van der Waals surface area contributed by atoms with Crippen molar-refractivity contribution in [1.29, 1.82) is 0 Å². The third kappa shape index (κ3) is 4.70. The molecule has 1 amide bonds. The number of benzene rings is 2. The lowest BCUT2D eigenvalue weighted by Crippen LogP contribution is -2.57. The standard InChI is InChI=1S/C23H24ClFN4O3/c1-2-32-22(31)19-20(15-3-7-17(25)8-4-15)26-23(27-21(19)30)29-13-11-28(12-14-29)18-9-5-16(24)6-10-18/h3-10,19-20H,2,11-14H2,1H3,(H,26,27,30)/t19-,20+/m1/s1. The highest BCUT2D eigenvalue weighted by atomic mass is 35.5. The van der Waals surface area contributed by atoms with Gasteiger partial charge in [0.2, 0.25) is 11.9 Å². The Kier molecular flexibility index (Phi) is 6.60. The molecule has 0 saturated carbocycles. The van der Waals surface area contributed by atoms with E-state index < -0.39 is 29.7 Å². The Labute approximate surface area is 190 Å².